The third-order valence-electron chi connectivity index (χ3n) is 4.70. The first-order valence-corrected chi connectivity index (χ1v) is 12.4. The van der Waals surface area contributed by atoms with Gasteiger partial charge in [0.1, 0.15) is 0 Å². The number of benzene rings is 2. The average molecular weight is 508 g/mol. The number of halogens is 1. The largest absolute Gasteiger partial charge is 0.462 e. The molecule has 2 aromatic rings. The summed E-state index contributed by atoms with van der Waals surface area (Å²) >= 11 is 12.5. The molecule has 1 aliphatic heterocycles. The Kier molecular flexibility index (Phi) is 9.80. The Bertz CT molecular complexity index is 982. The van der Waals surface area contributed by atoms with Crippen LogP contribution in [0.1, 0.15) is 23.7 Å². The number of carbonyl (C=O) groups excluding carboxylic acids is 2. The van der Waals surface area contributed by atoms with Crippen LogP contribution in [0.15, 0.2) is 47.4 Å². The molecule has 0 atom stereocenters. The summed E-state index contributed by atoms with van der Waals surface area (Å²) in [4.78, 5) is 28.0. The summed E-state index contributed by atoms with van der Waals surface area (Å²) in [5.41, 5.74) is 1.83. The minimum Gasteiger partial charge on any atom is -0.462 e. The molecule has 2 N–H and O–H groups in total. The second-order valence-electron chi connectivity index (χ2n) is 7.21. The highest BCUT2D eigenvalue weighted by Gasteiger charge is 2.21. The van der Waals surface area contributed by atoms with Crippen LogP contribution < -0.4 is 15.5 Å². The average Bonchev–Trinajstić information content (AvgIpc) is 2.82. The van der Waals surface area contributed by atoms with Crippen molar-refractivity contribution in [3.8, 4) is 0 Å². The van der Waals surface area contributed by atoms with Crippen LogP contribution in [-0.4, -0.2) is 55.7 Å². The molecule has 1 aliphatic rings. The summed E-state index contributed by atoms with van der Waals surface area (Å²) < 4.78 is 10.8. The Hall–Kier alpha value is -2.33. The van der Waals surface area contributed by atoms with Gasteiger partial charge in [-0.05, 0) is 61.1 Å². The summed E-state index contributed by atoms with van der Waals surface area (Å²) in [7, 11) is 0. The van der Waals surface area contributed by atoms with E-state index >= 15 is 0 Å². The van der Waals surface area contributed by atoms with Crippen LogP contribution in [0.3, 0.4) is 0 Å². The van der Waals surface area contributed by atoms with Crippen LogP contribution in [0.5, 0.6) is 0 Å². The zero-order valence-corrected chi connectivity index (χ0v) is 20.7. The van der Waals surface area contributed by atoms with Gasteiger partial charge >= 0.3 is 5.97 Å². The second kappa shape index (κ2) is 12.8. The topological polar surface area (TPSA) is 79.9 Å². The van der Waals surface area contributed by atoms with Crippen molar-refractivity contribution in [2.24, 2.45) is 0 Å². The lowest BCUT2D eigenvalue weighted by atomic mass is 10.1. The van der Waals surface area contributed by atoms with Crippen molar-refractivity contribution in [3.63, 3.8) is 0 Å². The number of nitrogens with zero attached hydrogens (tertiary/aromatic N) is 1. The molecule has 0 aromatic heterocycles. The molecule has 1 heterocycles. The maximum atomic E-state index is 12.7. The fourth-order valence-electron chi connectivity index (χ4n) is 3.13. The number of anilines is 2. The first-order valence-electron chi connectivity index (χ1n) is 10.6. The van der Waals surface area contributed by atoms with Crippen molar-refractivity contribution in [2.75, 3.05) is 48.9 Å². The number of thioether (sulfide) groups is 1. The Labute approximate surface area is 208 Å². The van der Waals surface area contributed by atoms with Gasteiger partial charge in [0.2, 0.25) is 5.91 Å². The summed E-state index contributed by atoms with van der Waals surface area (Å²) in [5.74, 6) is -0.426. The lowest BCUT2D eigenvalue weighted by Crippen LogP contribution is -2.37. The minimum atomic E-state index is -0.392. The van der Waals surface area contributed by atoms with Crippen molar-refractivity contribution in [2.45, 2.75) is 18.2 Å². The number of morpholine rings is 1. The quantitative estimate of drug-likeness (QED) is 0.310. The van der Waals surface area contributed by atoms with E-state index in [-0.39, 0.29) is 16.8 Å². The van der Waals surface area contributed by atoms with Gasteiger partial charge in [0, 0.05) is 28.7 Å². The van der Waals surface area contributed by atoms with E-state index in [0.717, 1.165) is 17.0 Å². The molecule has 2 aromatic carbocycles. The molecule has 7 nitrogen and oxygen atoms in total. The molecule has 10 heteroatoms. The van der Waals surface area contributed by atoms with Gasteiger partial charge in [0.15, 0.2) is 5.11 Å². The maximum absolute atomic E-state index is 12.7. The van der Waals surface area contributed by atoms with E-state index < -0.39 is 5.97 Å². The van der Waals surface area contributed by atoms with Gasteiger partial charge in [-0.2, -0.15) is 0 Å². The van der Waals surface area contributed by atoms with Crippen LogP contribution in [-0.2, 0) is 14.3 Å². The normalized spacial score (nSPS) is 13.3. The minimum absolute atomic E-state index is 0.156. The number of rotatable bonds is 8. The number of hydrogen-bond donors (Lipinski definition) is 2. The molecule has 1 fully saturated rings. The zero-order chi connectivity index (χ0) is 23.6. The fraction of sp³-hybridized carbons (Fsp3) is 0.348. The summed E-state index contributed by atoms with van der Waals surface area (Å²) in [6, 6.07) is 12.6. The Morgan fingerprint density at radius 1 is 1.18 bits per heavy atom. The van der Waals surface area contributed by atoms with Crippen LogP contribution in [0.25, 0.3) is 0 Å². The van der Waals surface area contributed by atoms with Gasteiger partial charge < -0.3 is 25.0 Å². The molecule has 1 saturated heterocycles. The molecule has 3 rings (SSSR count). The number of esters is 1. The number of amides is 1. The first kappa shape index (κ1) is 25.3. The van der Waals surface area contributed by atoms with E-state index in [1.807, 2.05) is 31.2 Å². The van der Waals surface area contributed by atoms with Crippen LogP contribution in [0.2, 0.25) is 5.02 Å². The van der Waals surface area contributed by atoms with E-state index in [2.05, 4.69) is 15.5 Å². The highest BCUT2D eigenvalue weighted by atomic mass is 35.5. The molecule has 0 aliphatic carbocycles. The molecule has 33 heavy (non-hydrogen) atoms. The third-order valence-corrected chi connectivity index (χ3v) is 6.17. The predicted molar refractivity (Wildman–Crippen MR) is 137 cm³/mol. The number of carbonyl (C=O) groups is 2. The fourth-order valence-corrected chi connectivity index (χ4v) is 4.19. The van der Waals surface area contributed by atoms with E-state index in [1.54, 1.807) is 18.2 Å². The zero-order valence-electron chi connectivity index (χ0n) is 18.3. The van der Waals surface area contributed by atoms with Crippen LogP contribution in [0, 0.1) is 0 Å². The van der Waals surface area contributed by atoms with Gasteiger partial charge in [-0.3, -0.25) is 4.79 Å². The Morgan fingerprint density at radius 2 is 1.91 bits per heavy atom. The van der Waals surface area contributed by atoms with Gasteiger partial charge in [0.05, 0.1) is 36.8 Å². The molecule has 0 spiro atoms. The molecule has 1 amide bonds. The van der Waals surface area contributed by atoms with Crippen LogP contribution >= 0.6 is 35.6 Å². The molecule has 0 radical (unpaired) electrons. The van der Waals surface area contributed by atoms with E-state index in [4.69, 9.17) is 33.3 Å². The molecule has 176 valence electrons. The van der Waals surface area contributed by atoms with Crippen LogP contribution in [0.4, 0.5) is 11.4 Å². The van der Waals surface area contributed by atoms with Gasteiger partial charge in [0.25, 0.3) is 0 Å². The number of thiocarbonyl (C=S) groups is 1. The smallest absolute Gasteiger partial charge is 0.340 e. The first-order chi connectivity index (χ1) is 16.0. The number of nitrogens with one attached hydrogen (secondary N) is 2. The van der Waals surface area contributed by atoms with Crippen molar-refractivity contribution in [1.29, 1.82) is 0 Å². The monoisotopic (exact) mass is 507 g/mol. The SMILES string of the molecule is CCCOC(=O)c1cc(NC(=S)NC(=O)CSc2ccc(Cl)cc2)ccc1N1CCOCC1. The van der Waals surface area contributed by atoms with E-state index in [9.17, 15) is 9.59 Å². The second-order valence-corrected chi connectivity index (χ2v) is 9.11. The molecular weight excluding hydrogens is 482 g/mol. The van der Waals surface area contributed by atoms with Crippen molar-refractivity contribution < 1.29 is 19.1 Å². The van der Waals surface area contributed by atoms with E-state index in [0.29, 0.717) is 49.2 Å². The maximum Gasteiger partial charge on any atom is 0.340 e. The van der Waals surface area contributed by atoms with Crippen molar-refractivity contribution >= 4 is 63.9 Å². The molecule has 0 saturated carbocycles. The lowest BCUT2D eigenvalue weighted by molar-refractivity contribution is -0.117. The third kappa shape index (κ3) is 7.89. The van der Waals surface area contributed by atoms with Gasteiger partial charge in [-0.15, -0.1) is 11.8 Å². The highest BCUT2D eigenvalue weighted by molar-refractivity contribution is 8.00. The van der Waals surface area contributed by atoms with Gasteiger partial charge in [-0.1, -0.05) is 18.5 Å². The summed E-state index contributed by atoms with van der Waals surface area (Å²) in [6.07, 6.45) is 0.737. The lowest BCUT2D eigenvalue weighted by Gasteiger charge is -2.30. The van der Waals surface area contributed by atoms with E-state index in [1.165, 1.54) is 11.8 Å². The Morgan fingerprint density at radius 3 is 2.61 bits per heavy atom. The Balaban J connectivity index is 1.62. The molecular formula is C23H26ClN3O4S2. The number of hydrogen-bond acceptors (Lipinski definition) is 7. The summed E-state index contributed by atoms with van der Waals surface area (Å²) in [6.45, 7) is 4.89. The standard InChI is InChI=1S/C23H26ClN3O4S2/c1-2-11-31-22(29)19-14-17(5-8-20(19)27-9-12-30-13-10-27)25-23(32)26-21(28)15-33-18-6-3-16(24)4-7-18/h3-8,14H,2,9-13,15H2,1H3,(H2,25,26,28,32). The number of ether oxygens (including phenoxy) is 2. The summed E-state index contributed by atoms with van der Waals surface area (Å²) in [5, 5.41) is 6.45. The molecule has 0 unspecified atom stereocenters. The molecule has 0 bridgehead atoms. The van der Waals surface area contributed by atoms with Crippen molar-refractivity contribution in [1.82, 2.24) is 5.32 Å². The van der Waals surface area contributed by atoms with Gasteiger partial charge in [-0.25, -0.2) is 4.79 Å². The highest BCUT2D eigenvalue weighted by Crippen LogP contribution is 2.26. The predicted octanol–water partition coefficient (Wildman–Crippen LogP) is 4.35. The van der Waals surface area contributed by atoms with Crippen molar-refractivity contribution in [3.05, 3.63) is 53.1 Å².